The first-order valence-corrected chi connectivity index (χ1v) is 6.47. The van der Waals surface area contributed by atoms with Crippen LogP contribution in [-0.2, 0) is 20.8 Å². The monoisotopic (exact) mass is 284 g/mol. The number of hydrogen-bond acceptors (Lipinski definition) is 6. The normalized spacial score (nSPS) is 13.6. The van der Waals surface area contributed by atoms with E-state index in [4.69, 9.17) is 5.73 Å². The number of nitrogens with two attached hydrogens (primary N) is 1. The average molecular weight is 284 g/mol. The van der Waals surface area contributed by atoms with Crippen molar-refractivity contribution in [3.05, 3.63) is 12.0 Å². The summed E-state index contributed by atoms with van der Waals surface area (Å²) >= 11 is 0.975. The fourth-order valence-electron chi connectivity index (χ4n) is 1.35. The van der Waals surface area contributed by atoms with Crippen LogP contribution in [0.4, 0.5) is 0 Å². The Morgan fingerprint density at radius 2 is 2.32 bits per heavy atom. The fourth-order valence-corrected chi connectivity index (χ4v) is 1.99. The molecule has 0 aliphatic rings. The minimum absolute atomic E-state index is 0.101. The van der Waals surface area contributed by atoms with Crippen LogP contribution < -0.4 is 11.1 Å². The molecule has 104 valence electrons. The molecule has 0 aliphatic carbocycles. The molecule has 0 saturated carbocycles. The lowest BCUT2D eigenvalue weighted by atomic mass is 10.1. The summed E-state index contributed by atoms with van der Waals surface area (Å²) in [6.45, 7) is 2.96. The number of carbonyl (C=O) groups excluding carboxylic acids is 3. The highest BCUT2D eigenvalue weighted by molar-refractivity contribution is 8.13. The van der Waals surface area contributed by atoms with Crippen LogP contribution in [0.25, 0.3) is 0 Å². The lowest BCUT2D eigenvalue weighted by molar-refractivity contribution is -0.124. The van der Waals surface area contributed by atoms with Crippen molar-refractivity contribution in [1.29, 1.82) is 0 Å². The zero-order chi connectivity index (χ0) is 14.4. The molecule has 0 aromatic carbocycles. The van der Waals surface area contributed by atoms with Crippen LogP contribution in [-0.4, -0.2) is 39.4 Å². The Hall–Kier alpha value is -1.67. The van der Waals surface area contributed by atoms with Gasteiger partial charge in [-0.15, -0.1) is 0 Å². The van der Waals surface area contributed by atoms with E-state index in [0.717, 1.165) is 11.8 Å². The van der Waals surface area contributed by atoms with Gasteiger partial charge in [-0.25, -0.2) is 4.98 Å². The summed E-state index contributed by atoms with van der Waals surface area (Å²) in [6, 6.07) is -1.39. The van der Waals surface area contributed by atoms with Gasteiger partial charge in [0, 0.05) is 13.3 Å². The van der Waals surface area contributed by atoms with Crippen LogP contribution in [0.2, 0.25) is 0 Å². The number of H-pyrrole nitrogens is 1. The van der Waals surface area contributed by atoms with Gasteiger partial charge in [0.25, 0.3) is 0 Å². The predicted octanol–water partition coefficient (Wildman–Crippen LogP) is -0.378. The van der Waals surface area contributed by atoms with E-state index in [1.54, 1.807) is 0 Å². The molecule has 2 atom stereocenters. The molecule has 4 N–H and O–H groups in total. The minimum Gasteiger partial charge on any atom is -0.347 e. The molecule has 0 saturated heterocycles. The fraction of sp³-hybridized carbons (Fsp3) is 0.455. The Bertz CT molecular complexity index is 472. The van der Waals surface area contributed by atoms with Crippen molar-refractivity contribution >= 4 is 29.1 Å². The highest BCUT2D eigenvalue weighted by Crippen LogP contribution is 2.20. The van der Waals surface area contributed by atoms with E-state index >= 15 is 0 Å². The summed E-state index contributed by atoms with van der Waals surface area (Å²) in [5.41, 5.74) is 6.04. The molecule has 1 rings (SSSR count). The summed E-state index contributed by atoms with van der Waals surface area (Å²) in [5.74, 6) is -0.405. The van der Waals surface area contributed by atoms with Crippen LogP contribution in [0.3, 0.4) is 0 Å². The van der Waals surface area contributed by atoms with Gasteiger partial charge in [-0.2, -0.15) is 0 Å². The van der Waals surface area contributed by atoms with Gasteiger partial charge in [-0.05, 0) is 18.7 Å². The van der Waals surface area contributed by atoms with Gasteiger partial charge < -0.3 is 20.8 Å². The zero-order valence-corrected chi connectivity index (χ0v) is 11.5. The van der Waals surface area contributed by atoms with Gasteiger partial charge in [0.2, 0.25) is 5.91 Å². The van der Waals surface area contributed by atoms with Crippen molar-refractivity contribution in [2.24, 2.45) is 5.73 Å². The summed E-state index contributed by atoms with van der Waals surface area (Å²) in [5, 5.41) is 2.92. The number of nitrogens with zero attached hydrogens (tertiary/aromatic N) is 1. The van der Waals surface area contributed by atoms with Crippen molar-refractivity contribution in [3.63, 3.8) is 0 Å². The number of nitrogens with one attached hydrogen (secondary N) is 2. The lowest BCUT2D eigenvalue weighted by Crippen LogP contribution is -2.45. The largest absolute Gasteiger partial charge is 0.347 e. The van der Waals surface area contributed by atoms with E-state index in [9.17, 15) is 14.4 Å². The number of carbonyl (C=O) groups is 3. The van der Waals surface area contributed by atoms with Gasteiger partial charge in [-0.3, -0.25) is 9.59 Å². The third-order valence-corrected chi connectivity index (χ3v) is 3.08. The van der Waals surface area contributed by atoms with Crippen molar-refractivity contribution in [2.45, 2.75) is 37.4 Å². The third-order valence-electron chi connectivity index (χ3n) is 2.25. The first-order valence-electron chi connectivity index (χ1n) is 5.66. The predicted molar refractivity (Wildman–Crippen MR) is 70.5 cm³/mol. The topological polar surface area (TPSA) is 118 Å². The zero-order valence-electron chi connectivity index (χ0n) is 10.7. The van der Waals surface area contributed by atoms with Crippen molar-refractivity contribution in [2.75, 3.05) is 0 Å². The van der Waals surface area contributed by atoms with Crippen LogP contribution in [0, 0.1) is 0 Å². The second kappa shape index (κ2) is 7.05. The summed E-state index contributed by atoms with van der Waals surface area (Å²) in [7, 11) is 0. The molecule has 1 aromatic heterocycles. The van der Waals surface area contributed by atoms with E-state index in [0.29, 0.717) is 17.0 Å². The van der Waals surface area contributed by atoms with Gasteiger partial charge >= 0.3 is 0 Å². The second-order valence-electron chi connectivity index (χ2n) is 4.02. The number of aromatic amines is 1. The molecular formula is C11H16N4O3S. The first kappa shape index (κ1) is 15.4. The Labute approximate surface area is 114 Å². The standard InChI is InChI=1S/C11H16N4O3S/c1-6(12)10(18)15-8(4-16)3-9-11(14-5-13-9)19-7(2)17/h4-6,8H,3,12H2,1-2H3,(H,13,14)(H,15,18). The Kier molecular flexibility index (Phi) is 5.71. The number of thioether (sulfide) groups is 1. The van der Waals surface area contributed by atoms with Gasteiger partial charge in [-0.1, -0.05) is 0 Å². The van der Waals surface area contributed by atoms with Crippen molar-refractivity contribution in [3.8, 4) is 0 Å². The van der Waals surface area contributed by atoms with Crippen LogP contribution in [0.5, 0.6) is 0 Å². The third kappa shape index (κ3) is 4.84. The molecule has 8 heteroatoms. The maximum Gasteiger partial charge on any atom is 0.237 e. The van der Waals surface area contributed by atoms with E-state index in [1.807, 2.05) is 0 Å². The number of amides is 1. The minimum atomic E-state index is -0.703. The number of rotatable bonds is 6. The highest BCUT2D eigenvalue weighted by atomic mass is 32.2. The van der Waals surface area contributed by atoms with Gasteiger partial charge in [0.1, 0.15) is 11.3 Å². The average Bonchev–Trinajstić information content (AvgIpc) is 2.74. The Morgan fingerprint density at radius 1 is 1.63 bits per heavy atom. The SMILES string of the molecule is CC(=O)Sc1nc[nH]c1CC(C=O)NC(=O)C(C)N. The van der Waals surface area contributed by atoms with Crippen molar-refractivity contribution in [1.82, 2.24) is 15.3 Å². The molecule has 1 aromatic rings. The summed E-state index contributed by atoms with van der Waals surface area (Å²) in [4.78, 5) is 40.3. The van der Waals surface area contributed by atoms with Gasteiger partial charge in [0.15, 0.2) is 5.12 Å². The van der Waals surface area contributed by atoms with Crippen LogP contribution in [0.15, 0.2) is 11.4 Å². The number of aromatic nitrogens is 2. The van der Waals surface area contributed by atoms with E-state index in [1.165, 1.54) is 20.2 Å². The molecule has 0 bridgehead atoms. The molecule has 0 radical (unpaired) electrons. The van der Waals surface area contributed by atoms with Crippen LogP contribution >= 0.6 is 11.8 Å². The molecule has 1 heterocycles. The molecular weight excluding hydrogens is 268 g/mol. The van der Waals surface area contributed by atoms with E-state index < -0.39 is 18.0 Å². The molecule has 0 fully saturated rings. The number of aldehydes is 1. The van der Waals surface area contributed by atoms with Crippen LogP contribution in [0.1, 0.15) is 19.5 Å². The number of hydrogen-bond donors (Lipinski definition) is 3. The lowest BCUT2D eigenvalue weighted by Gasteiger charge is -2.14. The smallest absolute Gasteiger partial charge is 0.237 e. The molecule has 1 amide bonds. The second-order valence-corrected chi connectivity index (χ2v) is 5.19. The quantitative estimate of drug-likeness (QED) is 0.484. The maximum absolute atomic E-state index is 11.4. The molecule has 7 nitrogen and oxygen atoms in total. The molecule has 2 unspecified atom stereocenters. The maximum atomic E-state index is 11.4. The van der Waals surface area contributed by atoms with Crippen molar-refractivity contribution < 1.29 is 14.4 Å². The molecule has 19 heavy (non-hydrogen) atoms. The summed E-state index contributed by atoms with van der Waals surface area (Å²) < 4.78 is 0. The Morgan fingerprint density at radius 3 is 2.84 bits per heavy atom. The number of imidazole rings is 1. The first-order chi connectivity index (χ1) is 8.93. The highest BCUT2D eigenvalue weighted by Gasteiger charge is 2.18. The molecule has 0 aliphatic heterocycles. The van der Waals surface area contributed by atoms with E-state index in [-0.39, 0.29) is 11.5 Å². The Balaban J connectivity index is 2.70. The van der Waals surface area contributed by atoms with E-state index in [2.05, 4.69) is 15.3 Å². The summed E-state index contributed by atoms with van der Waals surface area (Å²) in [6.07, 6.45) is 2.30. The molecule has 0 spiro atoms. The van der Waals surface area contributed by atoms with Gasteiger partial charge in [0.05, 0.1) is 24.1 Å².